The molecule has 1 atom stereocenters. The molecule has 0 saturated carbocycles. The fourth-order valence-electron chi connectivity index (χ4n) is 2.58. The first-order valence-corrected chi connectivity index (χ1v) is 7.15. The highest BCUT2D eigenvalue weighted by Crippen LogP contribution is 2.32. The molecule has 21 heavy (non-hydrogen) atoms. The Morgan fingerprint density at radius 1 is 1.29 bits per heavy atom. The maximum absolute atomic E-state index is 12.7. The number of ether oxygens (including phenoxy) is 2. The molecule has 0 aliphatic carbocycles. The second-order valence-corrected chi connectivity index (χ2v) is 5.32. The third-order valence-electron chi connectivity index (χ3n) is 3.67. The maximum atomic E-state index is 12.7. The van der Waals surface area contributed by atoms with E-state index in [1.54, 1.807) is 18.2 Å². The first-order chi connectivity index (χ1) is 10.2. The van der Waals surface area contributed by atoms with Crippen molar-refractivity contribution in [1.29, 1.82) is 0 Å². The molecule has 0 radical (unpaired) electrons. The van der Waals surface area contributed by atoms with Gasteiger partial charge in [0.15, 0.2) is 5.78 Å². The van der Waals surface area contributed by atoms with Gasteiger partial charge >= 0.3 is 0 Å². The summed E-state index contributed by atoms with van der Waals surface area (Å²) in [5.74, 6) is 0.420. The summed E-state index contributed by atoms with van der Waals surface area (Å²) in [5.41, 5.74) is 2.66. The number of carbonyl (C=O) groups excluding carboxylic acids is 1. The van der Waals surface area contributed by atoms with Crippen molar-refractivity contribution in [3.63, 3.8) is 0 Å². The van der Waals surface area contributed by atoms with E-state index in [0.717, 1.165) is 12.0 Å². The standard InChI is InChI=1S/C17H15ClO3/c1-20-15-10-12(6-7-14(15)18)16(19)17-13-5-3-2-4-11(13)8-9-21-17/h2-7,10,17H,8-9H2,1H3. The molecular formula is C17H15ClO3. The second-order valence-electron chi connectivity index (χ2n) is 4.91. The lowest BCUT2D eigenvalue weighted by Gasteiger charge is -2.25. The summed E-state index contributed by atoms with van der Waals surface area (Å²) in [6.45, 7) is 0.554. The molecule has 0 fully saturated rings. The Kier molecular flexibility index (Phi) is 3.95. The van der Waals surface area contributed by atoms with Crippen LogP contribution in [0.4, 0.5) is 0 Å². The highest BCUT2D eigenvalue weighted by Gasteiger charge is 2.28. The van der Waals surface area contributed by atoms with Gasteiger partial charge < -0.3 is 9.47 Å². The van der Waals surface area contributed by atoms with Crippen LogP contribution in [0.25, 0.3) is 0 Å². The van der Waals surface area contributed by atoms with Crippen LogP contribution in [0.2, 0.25) is 5.02 Å². The number of hydrogen-bond donors (Lipinski definition) is 0. The number of Topliss-reactive ketones (excluding diaryl/α,β-unsaturated/α-hetero) is 1. The highest BCUT2D eigenvalue weighted by atomic mass is 35.5. The van der Waals surface area contributed by atoms with Crippen molar-refractivity contribution in [3.8, 4) is 5.75 Å². The van der Waals surface area contributed by atoms with Crippen molar-refractivity contribution >= 4 is 17.4 Å². The zero-order valence-corrected chi connectivity index (χ0v) is 12.4. The van der Waals surface area contributed by atoms with E-state index in [1.807, 2.05) is 24.3 Å². The summed E-state index contributed by atoms with van der Waals surface area (Å²) in [4.78, 5) is 12.7. The maximum Gasteiger partial charge on any atom is 0.196 e. The molecule has 2 aromatic carbocycles. The fourth-order valence-corrected chi connectivity index (χ4v) is 2.77. The molecule has 3 nitrogen and oxygen atoms in total. The molecule has 0 amide bonds. The lowest BCUT2D eigenvalue weighted by Crippen LogP contribution is -2.23. The van der Waals surface area contributed by atoms with Gasteiger partial charge in [-0.2, -0.15) is 0 Å². The predicted octanol–water partition coefficient (Wildman–Crippen LogP) is 3.85. The lowest BCUT2D eigenvalue weighted by molar-refractivity contribution is 0.0349. The Morgan fingerprint density at radius 3 is 2.90 bits per heavy atom. The van der Waals surface area contributed by atoms with Gasteiger partial charge in [-0.15, -0.1) is 0 Å². The Labute approximate surface area is 128 Å². The van der Waals surface area contributed by atoms with Crippen molar-refractivity contribution < 1.29 is 14.3 Å². The molecule has 0 spiro atoms. The van der Waals surface area contributed by atoms with Gasteiger partial charge in [-0.1, -0.05) is 35.9 Å². The molecule has 4 heteroatoms. The van der Waals surface area contributed by atoms with E-state index in [2.05, 4.69) is 0 Å². The molecule has 2 aromatic rings. The van der Waals surface area contributed by atoms with Gasteiger partial charge in [0.2, 0.25) is 0 Å². The number of methoxy groups -OCH3 is 1. The molecule has 3 rings (SSSR count). The summed E-state index contributed by atoms with van der Waals surface area (Å²) in [7, 11) is 1.53. The first kappa shape index (κ1) is 14.1. The molecule has 0 N–H and O–H groups in total. The Bertz CT molecular complexity index is 681. The van der Waals surface area contributed by atoms with E-state index in [1.165, 1.54) is 12.7 Å². The third kappa shape index (κ3) is 2.67. The Morgan fingerprint density at radius 2 is 2.10 bits per heavy atom. The van der Waals surface area contributed by atoms with Crippen molar-refractivity contribution in [2.75, 3.05) is 13.7 Å². The van der Waals surface area contributed by atoms with E-state index in [4.69, 9.17) is 21.1 Å². The van der Waals surface area contributed by atoms with E-state index in [9.17, 15) is 4.79 Å². The minimum atomic E-state index is -0.555. The number of carbonyl (C=O) groups is 1. The lowest BCUT2D eigenvalue weighted by atomic mass is 9.92. The van der Waals surface area contributed by atoms with Gasteiger partial charge in [-0.3, -0.25) is 4.79 Å². The van der Waals surface area contributed by atoms with E-state index in [-0.39, 0.29) is 5.78 Å². The van der Waals surface area contributed by atoms with Gasteiger partial charge in [0.25, 0.3) is 0 Å². The van der Waals surface area contributed by atoms with Gasteiger partial charge in [-0.25, -0.2) is 0 Å². The van der Waals surface area contributed by atoms with Crippen LogP contribution in [0, 0.1) is 0 Å². The largest absolute Gasteiger partial charge is 0.495 e. The zero-order valence-electron chi connectivity index (χ0n) is 11.6. The molecule has 1 unspecified atom stereocenters. The van der Waals surface area contributed by atoms with Crippen LogP contribution in [-0.2, 0) is 11.2 Å². The van der Waals surface area contributed by atoms with Crippen LogP contribution < -0.4 is 4.74 Å². The van der Waals surface area contributed by atoms with Gasteiger partial charge in [0.05, 0.1) is 18.7 Å². The third-order valence-corrected chi connectivity index (χ3v) is 3.98. The number of ketones is 1. The van der Waals surface area contributed by atoms with Crippen LogP contribution in [0.5, 0.6) is 5.75 Å². The Balaban J connectivity index is 1.96. The average Bonchev–Trinajstić information content (AvgIpc) is 2.54. The topological polar surface area (TPSA) is 35.5 Å². The van der Waals surface area contributed by atoms with Crippen LogP contribution in [0.15, 0.2) is 42.5 Å². The van der Waals surface area contributed by atoms with Crippen LogP contribution >= 0.6 is 11.6 Å². The number of halogens is 1. The summed E-state index contributed by atoms with van der Waals surface area (Å²) in [6, 6.07) is 12.9. The monoisotopic (exact) mass is 302 g/mol. The van der Waals surface area contributed by atoms with Crippen molar-refractivity contribution in [2.24, 2.45) is 0 Å². The van der Waals surface area contributed by atoms with Gasteiger partial charge in [0.1, 0.15) is 11.9 Å². The van der Waals surface area contributed by atoms with E-state index < -0.39 is 6.10 Å². The summed E-state index contributed by atoms with van der Waals surface area (Å²) < 4.78 is 10.9. The van der Waals surface area contributed by atoms with Crippen LogP contribution in [0.3, 0.4) is 0 Å². The van der Waals surface area contributed by atoms with Gasteiger partial charge in [-0.05, 0) is 35.7 Å². The van der Waals surface area contributed by atoms with Crippen LogP contribution in [-0.4, -0.2) is 19.5 Å². The fraction of sp³-hybridized carbons (Fsp3) is 0.235. The minimum Gasteiger partial charge on any atom is -0.495 e. The smallest absolute Gasteiger partial charge is 0.196 e. The summed E-state index contributed by atoms with van der Waals surface area (Å²) >= 11 is 6.00. The van der Waals surface area contributed by atoms with Crippen molar-refractivity contribution in [1.82, 2.24) is 0 Å². The number of rotatable bonds is 3. The predicted molar refractivity (Wildman–Crippen MR) is 81.2 cm³/mol. The molecule has 1 aliphatic rings. The molecular weight excluding hydrogens is 288 g/mol. The Hall–Kier alpha value is -1.84. The second kappa shape index (κ2) is 5.88. The molecule has 0 aromatic heterocycles. The van der Waals surface area contributed by atoms with E-state index >= 15 is 0 Å². The van der Waals surface area contributed by atoms with Crippen LogP contribution in [0.1, 0.15) is 27.6 Å². The molecule has 0 bridgehead atoms. The molecule has 1 aliphatic heterocycles. The number of hydrogen-bond acceptors (Lipinski definition) is 3. The SMILES string of the molecule is COc1cc(C(=O)C2OCCc3ccccc32)ccc1Cl. The van der Waals surface area contributed by atoms with E-state index in [0.29, 0.717) is 22.9 Å². The number of fused-ring (bicyclic) bond motifs is 1. The van der Waals surface area contributed by atoms with Crippen molar-refractivity contribution in [3.05, 3.63) is 64.2 Å². The minimum absolute atomic E-state index is 0.0721. The highest BCUT2D eigenvalue weighted by molar-refractivity contribution is 6.32. The zero-order chi connectivity index (χ0) is 14.8. The van der Waals surface area contributed by atoms with Gasteiger partial charge in [0, 0.05) is 5.56 Å². The average molecular weight is 303 g/mol. The van der Waals surface area contributed by atoms with Crippen molar-refractivity contribution in [2.45, 2.75) is 12.5 Å². The molecule has 1 heterocycles. The first-order valence-electron chi connectivity index (χ1n) is 6.78. The quantitative estimate of drug-likeness (QED) is 0.808. The summed E-state index contributed by atoms with van der Waals surface area (Å²) in [5, 5.41) is 0.485. The molecule has 108 valence electrons. The molecule has 0 saturated heterocycles. The normalized spacial score (nSPS) is 17.1. The number of benzene rings is 2. The summed E-state index contributed by atoms with van der Waals surface area (Å²) in [6.07, 6.45) is 0.282.